The predicted molar refractivity (Wildman–Crippen MR) is 93.3 cm³/mol. The summed E-state index contributed by atoms with van der Waals surface area (Å²) in [7, 11) is 0. The molecule has 2 fully saturated rings. The summed E-state index contributed by atoms with van der Waals surface area (Å²) in [6.07, 6.45) is 3.33. The Labute approximate surface area is 146 Å². The highest BCUT2D eigenvalue weighted by molar-refractivity contribution is 5.90. The van der Waals surface area contributed by atoms with E-state index in [-0.39, 0.29) is 6.10 Å². The fourth-order valence-electron chi connectivity index (χ4n) is 3.15. The summed E-state index contributed by atoms with van der Waals surface area (Å²) in [6, 6.07) is 9.91. The first-order valence-electron chi connectivity index (χ1n) is 8.29. The van der Waals surface area contributed by atoms with Crippen molar-refractivity contribution < 1.29 is 14.3 Å². The van der Waals surface area contributed by atoms with Gasteiger partial charge < -0.3 is 15.0 Å². The summed E-state index contributed by atoms with van der Waals surface area (Å²) in [5.41, 5.74) is 3.08. The molecule has 0 radical (unpaired) electrons. The molecule has 2 amide bonds. The van der Waals surface area contributed by atoms with Crippen LogP contribution in [0.5, 0.6) is 0 Å². The van der Waals surface area contributed by atoms with E-state index < -0.39 is 6.09 Å². The van der Waals surface area contributed by atoms with Crippen LogP contribution >= 0.6 is 0 Å². The summed E-state index contributed by atoms with van der Waals surface area (Å²) in [5.74, 6) is 0. The van der Waals surface area contributed by atoms with Gasteiger partial charge in [-0.3, -0.25) is 9.69 Å². The minimum Gasteiger partial charge on any atom is -0.442 e. The molecule has 3 rings (SSSR count). The third kappa shape index (κ3) is 3.91. The highest BCUT2D eigenvalue weighted by Gasteiger charge is 2.32. The van der Waals surface area contributed by atoms with Crippen LogP contribution in [0.15, 0.2) is 35.9 Å². The fourth-order valence-corrected chi connectivity index (χ4v) is 3.15. The molecule has 25 heavy (non-hydrogen) atoms. The number of cyclic esters (lactones) is 1. The van der Waals surface area contributed by atoms with Gasteiger partial charge in [0.05, 0.1) is 19.2 Å². The lowest BCUT2D eigenvalue weighted by atomic mass is 10.0. The maximum Gasteiger partial charge on any atom is 0.414 e. The van der Waals surface area contributed by atoms with Crippen LogP contribution in [0.4, 0.5) is 16.2 Å². The number of amides is 2. The second-order valence-corrected chi connectivity index (χ2v) is 6.08. The van der Waals surface area contributed by atoms with Gasteiger partial charge in [0.1, 0.15) is 6.10 Å². The molecular formula is C18H20N4O3. The Kier molecular flexibility index (Phi) is 5.19. The zero-order valence-corrected chi connectivity index (χ0v) is 13.9. The highest BCUT2D eigenvalue weighted by Crippen LogP contribution is 2.27. The van der Waals surface area contributed by atoms with Gasteiger partial charge in [0.15, 0.2) is 0 Å². The number of nitrogens with zero attached hydrogens (tertiary/aromatic N) is 3. The van der Waals surface area contributed by atoms with E-state index in [9.17, 15) is 9.59 Å². The van der Waals surface area contributed by atoms with E-state index in [0.717, 1.165) is 37.3 Å². The summed E-state index contributed by atoms with van der Waals surface area (Å²) < 4.78 is 5.23. The summed E-state index contributed by atoms with van der Waals surface area (Å²) in [5, 5.41) is 11.3. The molecule has 0 saturated carbocycles. The van der Waals surface area contributed by atoms with Crippen LogP contribution in [-0.4, -0.2) is 44.8 Å². The standard InChI is InChI=1S/C18H20N4O3/c19-8-5-14-6-9-21(10-7-14)15-1-3-16(4-2-15)22-12-17(11-20-13-23)25-18(22)24/h1-5,13,17H,6-7,9-12H2,(H,20,23)/t17-/m1/s1. The monoisotopic (exact) mass is 340 g/mol. The molecule has 130 valence electrons. The first-order chi connectivity index (χ1) is 12.2. The highest BCUT2D eigenvalue weighted by atomic mass is 16.6. The average Bonchev–Trinajstić information content (AvgIpc) is 3.02. The van der Waals surface area contributed by atoms with Crippen LogP contribution in [0.1, 0.15) is 12.8 Å². The Morgan fingerprint density at radius 2 is 1.92 bits per heavy atom. The maximum absolute atomic E-state index is 12.0. The van der Waals surface area contributed by atoms with E-state index in [2.05, 4.69) is 16.3 Å². The molecule has 7 nitrogen and oxygen atoms in total. The quantitative estimate of drug-likeness (QED) is 0.653. The van der Waals surface area contributed by atoms with Crippen molar-refractivity contribution in [3.8, 4) is 6.07 Å². The number of anilines is 2. The van der Waals surface area contributed by atoms with E-state index in [0.29, 0.717) is 19.5 Å². The number of piperidine rings is 1. The van der Waals surface area contributed by atoms with Gasteiger partial charge >= 0.3 is 6.09 Å². The van der Waals surface area contributed by atoms with Gasteiger partial charge in [0, 0.05) is 30.5 Å². The Bertz CT molecular complexity index is 698. The number of nitrogens with one attached hydrogen (secondary N) is 1. The summed E-state index contributed by atoms with van der Waals surface area (Å²) in [4.78, 5) is 26.2. The molecule has 0 bridgehead atoms. The molecule has 2 heterocycles. The van der Waals surface area contributed by atoms with E-state index in [1.165, 1.54) is 5.57 Å². The second-order valence-electron chi connectivity index (χ2n) is 6.08. The molecule has 2 aliphatic heterocycles. The third-order valence-electron chi connectivity index (χ3n) is 4.50. The number of carbonyl (C=O) groups excluding carboxylic acids is 2. The topological polar surface area (TPSA) is 85.7 Å². The van der Waals surface area contributed by atoms with Gasteiger partial charge in [0.2, 0.25) is 6.41 Å². The van der Waals surface area contributed by atoms with Crippen LogP contribution in [0, 0.1) is 11.3 Å². The van der Waals surface area contributed by atoms with Crippen molar-refractivity contribution in [3.05, 3.63) is 35.9 Å². The molecule has 1 atom stereocenters. The predicted octanol–water partition coefficient (Wildman–Crippen LogP) is 1.81. The van der Waals surface area contributed by atoms with Gasteiger partial charge in [-0.05, 0) is 37.1 Å². The van der Waals surface area contributed by atoms with Gasteiger partial charge in [-0.1, -0.05) is 5.57 Å². The third-order valence-corrected chi connectivity index (χ3v) is 4.50. The number of allylic oxidation sites excluding steroid dienone is 1. The van der Waals surface area contributed by atoms with Crippen molar-refractivity contribution in [1.82, 2.24) is 5.32 Å². The van der Waals surface area contributed by atoms with Crippen molar-refractivity contribution in [3.63, 3.8) is 0 Å². The Morgan fingerprint density at radius 3 is 2.56 bits per heavy atom. The van der Waals surface area contributed by atoms with Crippen molar-refractivity contribution in [1.29, 1.82) is 5.26 Å². The lowest BCUT2D eigenvalue weighted by Crippen LogP contribution is -2.31. The lowest BCUT2D eigenvalue weighted by Gasteiger charge is -2.30. The van der Waals surface area contributed by atoms with E-state index in [1.54, 1.807) is 11.0 Å². The molecular weight excluding hydrogens is 320 g/mol. The number of hydrogen-bond donors (Lipinski definition) is 1. The number of benzene rings is 1. The van der Waals surface area contributed by atoms with Crippen molar-refractivity contribution >= 4 is 23.9 Å². The minimum absolute atomic E-state index is 0.316. The first-order valence-corrected chi connectivity index (χ1v) is 8.29. The largest absolute Gasteiger partial charge is 0.442 e. The van der Waals surface area contributed by atoms with Gasteiger partial charge in [0.25, 0.3) is 0 Å². The van der Waals surface area contributed by atoms with Crippen molar-refractivity contribution in [2.75, 3.05) is 36.0 Å². The number of rotatable bonds is 5. The molecule has 1 aromatic rings. The Morgan fingerprint density at radius 1 is 1.24 bits per heavy atom. The molecule has 0 spiro atoms. The number of ether oxygens (including phenoxy) is 1. The molecule has 2 saturated heterocycles. The summed E-state index contributed by atoms with van der Waals surface area (Å²) in [6.45, 7) is 2.51. The van der Waals surface area contributed by atoms with E-state index in [4.69, 9.17) is 10.00 Å². The Balaban J connectivity index is 1.61. The molecule has 0 aliphatic carbocycles. The van der Waals surface area contributed by atoms with Crippen LogP contribution < -0.4 is 15.1 Å². The lowest BCUT2D eigenvalue weighted by molar-refractivity contribution is -0.109. The molecule has 7 heteroatoms. The average molecular weight is 340 g/mol. The molecule has 1 N–H and O–H groups in total. The van der Waals surface area contributed by atoms with Crippen molar-refractivity contribution in [2.24, 2.45) is 0 Å². The van der Waals surface area contributed by atoms with Crippen LogP contribution in [0.2, 0.25) is 0 Å². The zero-order chi connectivity index (χ0) is 17.6. The minimum atomic E-state index is -0.394. The second kappa shape index (κ2) is 7.71. The van der Waals surface area contributed by atoms with Gasteiger partial charge in [-0.25, -0.2) is 4.79 Å². The van der Waals surface area contributed by atoms with Crippen LogP contribution in [-0.2, 0) is 9.53 Å². The molecule has 1 aromatic carbocycles. The van der Waals surface area contributed by atoms with Gasteiger partial charge in [-0.2, -0.15) is 5.26 Å². The maximum atomic E-state index is 12.0. The van der Waals surface area contributed by atoms with E-state index >= 15 is 0 Å². The SMILES string of the molecule is N#CC=C1CCN(c2ccc(N3C[C@@H](CNC=O)OC3=O)cc2)CC1. The normalized spacial score (nSPS) is 20.0. The zero-order valence-electron chi connectivity index (χ0n) is 13.9. The molecule has 0 aromatic heterocycles. The van der Waals surface area contributed by atoms with E-state index in [1.807, 2.05) is 24.3 Å². The molecule has 0 unspecified atom stereocenters. The van der Waals surface area contributed by atoms with Crippen LogP contribution in [0.3, 0.4) is 0 Å². The summed E-state index contributed by atoms with van der Waals surface area (Å²) >= 11 is 0. The fraction of sp³-hybridized carbons (Fsp3) is 0.389. The van der Waals surface area contributed by atoms with Crippen LogP contribution in [0.25, 0.3) is 0 Å². The number of nitriles is 1. The Hall–Kier alpha value is -3.01. The number of hydrogen-bond acceptors (Lipinski definition) is 5. The number of carbonyl (C=O) groups is 2. The van der Waals surface area contributed by atoms with Crippen molar-refractivity contribution in [2.45, 2.75) is 18.9 Å². The smallest absolute Gasteiger partial charge is 0.414 e. The first kappa shape index (κ1) is 16.8. The van der Waals surface area contributed by atoms with Gasteiger partial charge in [-0.15, -0.1) is 0 Å². The molecule has 2 aliphatic rings.